The molecule has 0 aliphatic rings. The quantitative estimate of drug-likeness (QED) is 0.834. The van der Waals surface area contributed by atoms with Crippen LogP contribution in [0.4, 0.5) is 5.69 Å². The number of rotatable bonds is 4. The van der Waals surface area contributed by atoms with E-state index in [1.54, 1.807) is 0 Å². The normalized spacial score (nSPS) is 11.7. The Bertz CT molecular complexity index is 539. The molecule has 0 spiro atoms. The lowest BCUT2D eigenvalue weighted by atomic mass is 10.0. The third-order valence-corrected chi connectivity index (χ3v) is 3.77. The maximum absolute atomic E-state index is 5.52. The van der Waals surface area contributed by atoms with Crippen molar-refractivity contribution in [2.24, 2.45) is 0 Å². The topological polar surface area (TPSA) is 15.3 Å². The van der Waals surface area contributed by atoms with Gasteiger partial charge in [0, 0.05) is 12.7 Å². The Kier molecular flexibility index (Phi) is 5.13. The van der Waals surface area contributed by atoms with Crippen LogP contribution in [0.1, 0.15) is 24.9 Å². The van der Waals surface area contributed by atoms with Crippen molar-refractivity contribution in [3.8, 4) is 0 Å². The molecule has 0 saturated carbocycles. The van der Waals surface area contributed by atoms with Crippen molar-refractivity contribution in [2.45, 2.75) is 19.4 Å². The van der Waals surface area contributed by atoms with E-state index in [1.165, 1.54) is 5.56 Å². The molecular weight excluding hydrogens is 264 g/mol. The van der Waals surface area contributed by atoms with Gasteiger partial charge in [-0.3, -0.25) is 0 Å². The predicted molar refractivity (Wildman–Crippen MR) is 89.9 cm³/mol. The molecule has 1 atom stereocenters. The van der Waals surface area contributed by atoms with Crippen molar-refractivity contribution in [3.63, 3.8) is 0 Å². The van der Waals surface area contributed by atoms with Crippen LogP contribution in [0.15, 0.2) is 60.7 Å². The Morgan fingerprint density at radius 1 is 1.05 bits per heavy atom. The summed E-state index contributed by atoms with van der Waals surface area (Å²) in [5.74, 6) is 0. The number of benzene rings is 2. The molecule has 3 heteroatoms. The van der Waals surface area contributed by atoms with Gasteiger partial charge in [0.05, 0.1) is 6.04 Å². The summed E-state index contributed by atoms with van der Waals surface area (Å²) in [4.78, 5) is 2.12. The minimum atomic E-state index is 0.292. The highest BCUT2D eigenvalue weighted by molar-refractivity contribution is 7.80. The number of anilines is 1. The lowest BCUT2D eigenvalue weighted by Crippen LogP contribution is -2.34. The first kappa shape index (κ1) is 14.5. The van der Waals surface area contributed by atoms with Gasteiger partial charge in [0.2, 0.25) is 0 Å². The first-order valence-electron chi connectivity index (χ1n) is 6.86. The first-order chi connectivity index (χ1) is 9.72. The van der Waals surface area contributed by atoms with E-state index in [0.29, 0.717) is 6.04 Å². The molecule has 0 fully saturated rings. The number of thiocarbonyl (C=S) groups is 1. The van der Waals surface area contributed by atoms with Gasteiger partial charge in [0.15, 0.2) is 5.11 Å². The fourth-order valence-corrected chi connectivity index (χ4v) is 2.53. The summed E-state index contributed by atoms with van der Waals surface area (Å²) in [6.07, 6.45) is 1.01. The minimum absolute atomic E-state index is 0.292. The number of para-hydroxylation sites is 1. The molecule has 20 heavy (non-hydrogen) atoms. The monoisotopic (exact) mass is 284 g/mol. The van der Waals surface area contributed by atoms with Gasteiger partial charge in [-0.05, 0) is 36.3 Å². The smallest absolute Gasteiger partial charge is 0.173 e. The SMILES string of the molecule is CCC(c1ccccc1)N(C)C(=S)Nc1ccccc1. The van der Waals surface area contributed by atoms with E-state index in [0.717, 1.165) is 17.2 Å². The highest BCUT2D eigenvalue weighted by Crippen LogP contribution is 2.23. The zero-order valence-corrected chi connectivity index (χ0v) is 12.7. The molecule has 0 amide bonds. The molecule has 0 aliphatic heterocycles. The average molecular weight is 284 g/mol. The average Bonchev–Trinajstić information content (AvgIpc) is 2.50. The van der Waals surface area contributed by atoms with Gasteiger partial charge in [0.1, 0.15) is 0 Å². The van der Waals surface area contributed by atoms with E-state index in [2.05, 4.69) is 41.4 Å². The molecule has 1 unspecified atom stereocenters. The van der Waals surface area contributed by atoms with E-state index < -0.39 is 0 Å². The molecule has 0 saturated heterocycles. The molecule has 2 nitrogen and oxygen atoms in total. The molecule has 0 aromatic heterocycles. The Morgan fingerprint density at radius 3 is 2.15 bits per heavy atom. The van der Waals surface area contributed by atoms with Crippen molar-refractivity contribution in [1.82, 2.24) is 4.90 Å². The summed E-state index contributed by atoms with van der Waals surface area (Å²) in [7, 11) is 2.04. The van der Waals surface area contributed by atoms with Gasteiger partial charge in [-0.1, -0.05) is 55.5 Å². The number of nitrogens with zero attached hydrogens (tertiary/aromatic N) is 1. The van der Waals surface area contributed by atoms with Crippen LogP contribution in [-0.4, -0.2) is 17.1 Å². The highest BCUT2D eigenvalue weighted by Gasteiger charge is 2.17. The maximum Gasteiger partial charge on any atom is 0.173 e. The summed E-state index contributed by atoms with van der Waals surface area (Å²) in [6, 6.07) is 20.8. The molecule has 0 bridgehead atoms. The van der Waals surface area contributed by atoms with Gasteiger partial charge in [-0.15, -0.1) is 0 Å². The summed E-state index contributed by atoms with van der Waals surface area (Å²) in [6.45, 7) is 2.18. The van der Waals surface area contributed by atoms with Crippen LogP contribution in [-0.2, 0) is 0 Å². The first-order valence-corrected chi connectivity index (χ1v) is 7.27. The molecule has 2 rings (SSSR count). The standard InChI is InChI=1S/C17H20N2S/c1-3-16(14-10-6-4-7-11-14)19(2)17(20)18-15-12-8-5-9-13-15/h4-13,16H,3H2,1-2H3,(H,18,20). The van der Waals surface area contributed by atoms with Crippen LogP contribution in [0.2, 0.25) is 0 Å². The molecular formula is C17H20N2S. The fraction of sp³-hybridized carbons (Fsp3) is 0.235. The van der Waals surface area contributed by atoms with Crippen molar-refractivity contribution >= 4 is 23.0 Å². The summed E-state index contributed by atoms with van der Waals surface area (Å²) in [5, 5.41) is 4.03. The highest BCUT2D eigenvalue weighted by atomic mass is 32.1. The van der Waals surface area contributed by atoms with E-state index >= 15 is 0 Å². The fourth-order valence-electron chi connectivity index (χ4n) is 2.28. The van der Waals surface area contributed by atoms with Gasteiger partial charge in [-0.25, -0.2) is 0 Å². The van der Waals surface area contributed by atoms with Crippen LogP contribution in [0.25, 0.3) is 0 Å². The van der Waals surface area contributed by atoms with E-state index in [4.69, 9.17) is 12.2 Å². The van der Waals surface area contributed by atoms with Crippen molar-refractivity contribution in [1.29, 1.82) is 0 Å². The molecule has 0 heterocycles. The second-order valence-electron chi connectivity index (χ2n) is 4.74. The molecule has 1 N–H and O–H groups in total. The van der Waals surface area contributed by atoms with Gasteiger partial charge < -0.3 is 10.2 Å². The molecule has 2 aromatic carbocycles. The largest absolute Gasteiger partial charge is 0.345 e. The number of nitrogens with one attached hydrogen (secondary N) is 1. The van der Waals surface area contributed by atoms with Crippen LogP contribution in [0.5, 0.6) is 0 Å². The predicted octanol–water partition coefficient (Wildman–Crippen LogP) is 4.47. The Labute approximate surface area is 126 Å². The lowest BCUT2D eigenvalue weighted by molar-refractivity contribution is 0.370. The van der Waals surface area contributed by atoms with Crippen LogP contribution in [0.3, 0.4) is 0 Å². The number of hydrogen-bond acceptors (Lipinski definition) is 1. The second-order valence-corrected chi connectivity index (χ2v) is 5.13. The minimum Gasteiger partial charge on any atom is -0.345 e. The third-order valence-electron chi connectivity index (χ3n) is 3.38. The van der Waals surface area contributed by atoms with E-state index in [9.17, 15) is 0 Å². The lowest BCUT2D eigenvalue weighted by Gasteiger charge is -2.30. The van der Waals surface area contributed by atoms with Gasteiger partial charge in [-0.2, -0.15) is 0 Å². The summed E-state index contributed by atoms with van der Waals surface area (Å²) < 4.78 is 0. The zero-order chi connectivity index (χ0) is 14.4. The second kappa shape index (κ2) is 7.06. The molecule has 2 aromatic rings. The summed E-state index contributed by atoms with van der Waals surface area (Å²) in [5.41, 5.74) is 2.31. The van der Waals surface area contributed by atoms with E-state index in [-0.39, 0.29) is 0 Å². The van der Waals surface area contributed by atoms with Gasteiger partial charge in [0.25, 0.3) is 0 Å². The third kappa shape index (κ3) is 3.58. The summed E-state index contributed by atoms with van der Waals surface area (Å²) >= 11 is 5.52. The molecule has 0 radical (unpaired) electrons. The zero-order valence-electron chi connectivity index (χ0n) is 11.9. The molecule has 104 valence electrons. The Morgan fingerprint density at radius 2 is 1.60 bits per heavy atom. The van der Waals surface area contributed by atoms with Crippen LogP contribution < -0.4 is 5.32 Å². The van der Waals surface area contributed by atoms with Gasteiger partial charge >= 0.3 is 0 Å². The Balaban J connectivity index is 2.09. The van der Waals surface area contributed by atoms with E-state index in [1.807, 2.05) is 43.4 Å². The van der Waals surface area contributed by atoms with Crippen LogP contribution in [0, 0.1) is 0 Å². The molecule has 0 aliphatic carbocycles. The maximum atomic E-state index is 5.52. The Hall–Kier alpha value is -1.87. The van der Waals surface area contributed by atoms with Crippen molar-refractivity contribution < 1.29 is 0 Å². The van der Waals surface area contributed by atoms with Crippen LogP contribution >= 0.6 is 12.2 Å². The number of hydrogen-bond donors (Lipinski definition) is 1. The van der Waals surface area contributed by atoms with Crippen molar-refractivity contribution in [3.05, 3.63) is 66.2 Å². The van der Waals surface area contributed by atoms with Crippen molar-refractivity contribution in [2.75, 3.05) is 12.4 Å².